The molecule has 2 N–H and O–H groups in total. The molecule has 0 radical (unpaired) electrons. The lowest BCUT2D eigenvalue weighted by Gasteiger charge is -2.17. The van der Waals surface area contributed by atoms with Crippen LogP contribution in [-0.4, -0.2) is 18.2 Å². The van der Waals surface area contributed by atoms with E-state index >= 15 is 0 Å². The first kappa shape index (κ1) is 14.8. The number of benzene rings is 2. The molecule has 2 aromatic rings. The number of aromatic carboxylic acids is 1. The van der Waals surface area contributed by atoms with Crippen LogP contribution in [0.1, 0.15) is 28.9 Å². The molecule has 0 saturated heterocycles. The van der Waals surface area contributed by atoms with Gasteiger partial charge in [-0.05, 0) is 37.3 Å². The monoisotopic (exact) mass is 289 g/mol. The molecule has 1 unspecified atom stereocenters. The van der Waals surface area contributed by atoms with E-state index in [-0.39, 0.29) is 17.4 Å². The molecule has 0 amide bonds. The summed E-state index contributed by atoms with van der Waals surface area (Å²) in [7, 11) is 1.49. The van der Waals surface area contributed by atoms with Crippen LogP contribution in [0.25, 0.3) is 0 Å². The SMILES string of the molecule is COc1ccc(C(C)Nc2ccc(C(=O)O)cc2)c(F)c1. The number of carbonyl (C=O) groups is 1. The first-order valence-electron chi connectivity index (χ1n) is 6.44. The molecule has 0 heterocycles. The van der Waals surface area contributed by atoms with E-state index in [1.807, 2.05) is 6.92 Å². The van der Waals surface area contributed by atoms with E-state index < -0.39 is 5.97 Å². The predicted molar refractivity (Wildman–Crippen MR) is 78.4 cm³/mol. The number of rotatable bonds is 5. The Morgan fingerprint density at radius 1 is 1.24 bits per heavy atom. The molecular weight excluding hydrogens is 273 g/mol. The number of carboxylic acids is 1. The Morgan fingerprint density at radius 2 is 1.90 bits per heavy atom. The average Bonchev–Trinajstić information content (AvgIpc) is 2.47. The van der Waals surface area contributed by atoms with Crippen molar-refractivity contribution in [3.8, 4) is 5.75 Å². The second-order valence-electron chi connectivity index (χ2n) is 4.64. The van der Waals surface area contributed by atoms with Gasteiger partial charge in [0.2, 0.25) is 0 Å². The van der Waals surface area contributed by atoms with Crippen molar-refractivity contribution >= 4 is 11.7 Å². The standard InChI is InChI=1S/C16H16FNO3/c1-10(14-8-7-13(21-2)9-15(14)17)18-12-5-3-11(4-6-12)16(19)20/h3-10,18H,1-2H3,(H,19,20). The molecule has 2 aromatic carbocycles. The van der Waals surface area contributed by atoms with Gasteiger partial charge in [-0.2, -0.15) is 0 Å². The normalized spacial score (nSPS) is 11.8. The summed E-state index contributed by atoms with van der Waals surface area (Å²) in [5.74, 6) is -0.860. The summed E-state index contributed by atoms with van der Waals surface area (Å²) in [6.07, 6.45) is 0. The summed E-state index contributed by atoms with van der Waals surface area (Å²) in [4.78, 5) is 10.8. The van der Waals surface area contributed by atoms with Crippen LogP contribution < -0.4 is 10.1 Å². The zero-order valence-corrected chi connectivity index (χ0v) is 11.8. The molecule has 0 aliphatic carbocycles. The van der Waals surface area contributed by atoms with Gasteiger partial charge in [-0.3, -0.25) is 0 Å². The first-order valence-corrected chi connectivity index (χ1v) is 6.44. The fourth-order valence-corrected chi connectivity index (χ4v) is 2.02. The van der Waals surface area contributed by atoms with Crippen LogP contribution in [0.3, 0.4) is 0 Å². The number of hydrogen-bond donors (Lipinski definition) is 2. The van der Waals surface area contributed by atoms with Gasteiger partial charge in [0.1, 0.15) is 11.6 Å². The maximum Gasteiger partial charge on any atom is 0.335 e. The zero-order chi connectivity index (χ0) is 15.4. The van der Waals surface area contributed by atoms with Gasteiger partial charge in [-0.15, -0.1) is 0 Å². The van der Waals surface area contributed by atoms with E-state index in [1.165, 1.54) is 25.3 Å². The Labute approximate surface area is 122 Å². The van der Waals surface area contributed by atoms with Gasteiger partial charge in [-0.25, -0.2) is 9.18 Å². The fraction of sp³-hybridized carbons (Fsp3) is 0.188. The summed E-state index contributed by atoms with van der Waals surface area (Å²) in [6, 6.07) is 10.8. The van der Waals surface area contributed by atoms with Crippen LogP contribution in [0.2, 0.25) is 0 Å². The highest BCUT2D eigenvalue weighted by Crippen LogP contribution is 2.25. The summed E-state index contributed by atoms with van der Waals surface area (Å²) in [5.41, 5.74) is 1.45. The van der Waals surface area contributed by atoms with Crippen LogP contribution in [0.4, 0.5) is 10.1 Å². The Kier molecular flexibility index (Phi) is 4.42. The molecule has 0 aromatic heterocycles. The lowest BCUT2D eigenvalue weighted by Crippen LogP contribution is -2.09. The number of methoxy groups -OCH3 is 1. The Balaban J connectivity index is 2.13. The Hall–Kier alpha value is -2.56. The quantitative estimate of drug-likeness (QED) is 0.881. The number of ether oxygens (including phenoxy) is 1. The van der Waals surface area contributed by atoms with E-state index in [0.29, 0.717) is 11.3 Å². The highest BCUT2D eigenvalue weighted by atomic mass is 19.1. The van der Waals surface area contributed by atoms with Crippen molar-refractivity contribution in [2.24, 2.45) is 0 Å². The lowest BCUT2D eigenvalue weighted by atomic mass is 10.1. The van der Waals surface area contributed by atoms with Crippen molar-refractivity contribution in [2.75, 3.05) is 12.4 Å². The minimum absolute atomic E-state index is 0.212. The maximum atomic E-state index is 14.0. The van der Waals surface area contributed by atoms with E-state index in [1.54, 1.807) is 24.3 Å². The van der Waals surface area contributed by atoms with Crippen LogP contribution in [-0.2, 0) is 0 Å². The molecule has 4 nitrogen and oxygen atoms in total. The van der Waals surface area contributed by atoms with Gasteiger partial charge < -0.3 is 15.2 Å². The van der Waals surface area contributed by atoms with Crippen molar-refractivity contribution in [3.05, 3.63) is 59.4 Å². The Bertz CT molecular complexity index is 640. The van der Waals surface area contributed by atoms with Crippen LogP contribution in [0.5, 0.6) is 5.75 Å². The zero-order valence-electron chi connectivity index (χ0n) is 11.8. The van der Waals surface area contributed by atoms with E-state index in [0.717, 1.165) is 5.69 Å². The fourth-order valence-electron chi connectivity index (χ4n) is 2.02. The van der Waals surface area contributed by atoms with Crippen LogP contribution in [0.15, 0.2) is 42.5 Å². The Morgan fingerprint density at radius 3 is 2.43 bits per heavy atom. The van der Waals surface area contributed by atoms with Gasteiger partial charge in [0.15, 0.2) is 0 Å². The smallest absolute Gasteiger partial charge is 0.335 e. The minimum Gasteiger partial charge on any atom is -0.497 e. The highest BCUT2D eigenvalue weighted by Gasteiger charge is 2.12. The number of carboxylic acid groups (broad SMARTS) is 1. The van der Waals surface area contributed by atoms with E-state index in [2.05, 4.69) is 5.32 Å². The van der Waals surface area contributed by atoms with Gasteiger partial charge in [0.25, 0.3) is 0 Å². The summed E-state index contributed by atoms with van der Waals surface area (Å²) in [5, 5.41) is 12.0. The largest absolute Gasteiger partial charge is 0.497 e. The van der Waals surface area contributed by atoms with Gasteiger partial charge >= 0.3 is 5.97 Å². The number of halogens is 1. The molecule has 110 valence electrons. The molecule has 0 aliphatic rings. The van der Waals surface area contributed by atoms with Crippen LogP contribution >= 0.6 is 0 Å². The molecule has 0 fully saturated rings. The van der Waals surface area contributed by atoms with Gasteiger partial charge in [-0.1, -0.05) is 6.07 Å². The number of nitrogens with one attached hydrogen (secondary N) is 1. The van der Waals surface area contributed by atoms with E-state index in [4.69, 9.17) is 9.84 Å². The van der Waals surface area contributed by atoms with Crippen molar-refractivity contribution in [3.63, 3.8) is 0 Å². The van der Waals surface area contributed by atoms with E-state index in [9.17, 15) is 9.18 Å². The summed E-state index contributed by atoms with van der Waals surface area (Å²) >= 11 is 0. The predicted octanol–water partition coefficient (Wildman–Crippen LogP) is 3.71. The minimum atomic E-state index is -0.976. The molecule has 2 rings (SSSR count). The topological polar surface area (TPSA) is 58.6 Å². The third-order valence-corrected chi connectivity index (χ3v) is 3.19. The van der Waals surface area contributed by atoms with Gasteiger partial charge in [0, 0.05) is 17.3 Å². The molecule has 0 saturated carbocycles. The molecule has 21 heavy (non-hydrogen) atoms. The summed E-state index contributed by atoms with van der Waals surface area (Å²) < 4.78 is 18.9. The maximum absolute atomic E-state index is 14.0. The third kappa shape index (κ3) is 3.51. The third-order valence-electron chi connectivity index (χ3n) is 3.19. The first-order chi connectivity index (χ1) is 10.0. The van der Waals surface area contributed by atoms with Crippen molar-refractivity contribution in [1.29, 1.82) is 0 Å². The average molecular weight is 289 g/mol. The second kappa shape index (κ2) is 6.26. The highest BCUT2D eigenvalue weighted by molar-refractivity contribution is 5.88. The second-order valence-corrected chi connectivity index (χ2v) is 4.64. The molecule has 5 heteroatoms. The van der Waals surface area contributed by atoms with Crippen LogP contribution in [0, 0.1) is 5.82 Å². The molecule has 1 atom stereocenters. The van der Waals surface area contributed by atoms with Crippen molar-refractivity contribution < 1.29 is 19.0 Å². The molecule has 0 bridgehead atoms. The molecule has 0 aliphatic heterocycles. The summed E-state index contributed by atoms with van der Waals surface area (Å²) in [6.45, 7) is 1.83. The van der Waals surface area contributed by atoms with Crippen molar-refractivity contribution in [1.82, 2.24) is 0 Å². The molecular formula is C16H16FNO3. The molecule has 0 spiro atoms. The number of hydrogen-bond acceptors (Lipinski definition) is 3. The lowest BCUT2D eigenvalue weighted by molar-refractivity contribution is 0.0697. The van der Waals surface area contributed by atoms with Crippen molar-refractivity contribution in [2.45, 2.75) is 13.0 Å². The number of anilines is 1. The van der Waals surface area contributed by atoms with Gasteiger partial charge in [0.05, 0.1) is 18.7 Å².